The van der Waals surface area contributed by atoms with E-state index in [1.165, 1.54) is 17.4 Å². The zero-order valence-electron chi connectivity index (χ0n) is 6.47. The van der Waals surface area contributed by atoms with Gasteiger partial charge < -0.3 is 5.73 Å². The Labute approximate surface area is 83.4 Å². The molecule has 0 saturated carbocycles. The number of nitrogens with zero attached hydrogens (tertiary/aromatic N) is 1. The van der Waals surface area contributed by atoms with Crippen LogP contribution in [0.3, 0.4) is 0 Å². The molecule has 12 heavy (non-hydrogen) atoms. The second-order valence-corrected chi connectivity index (χ2v) is 4.67. The third-order valence-electron chi connectivity index (χ3n) is 1.36. The zero-order valence-corrected chi connectivity index (χ0v) is 8.87. The minimum atomic E-state index is 0.524. The molecule has 0 bridgehead atoms. The van der Waals surface area contributed by atoms with Crippen LogP contribution in [0.1, 0.15) is 10.4 Å². The molecule has 1 aromatic heterocycles. The molecular formula is C8H7BrN2S. The van der Waals surface area contributed by atoms with E-state index in [9.17, 15) is 0 Å². The summed E-state index contributed by atoms with van der Waals surface area (Å²) in [6, 6.07) is 3.86. The van der Waals surface area contributed by atoms with E-state index in [0.717, 1.165) is 14.2 Å². The fraction of sp³-hybridized carbons (Fsp3) is 0.125. The molecule has 0 unspecified atom stereocenters. The van der Waals surface area contributed by atoms with Crippen molar-refractivity contribution >= 4 is 33.0 Å². The molecule has 0 saturated heterocycles. The lowest BCUT2D eigenvalue weighted by Gasteiger charge is -1.90. The summed E-state index contributed by atoms with van der Waals surface area (Å²) in [6.07, 6.45) is 1.34. The van der Waals surface area contributed by atoms with Crippen LogP contribution >= 0.6 is 27.3 Å². The summed E-state index contributed by atoms with van der Waals surface area (Å²) in [5.41, 5.74) is 7.28. The number of allylic oxidation sites excluding steroid dienone is 1. The number of halogens is 1. The van der Waals surface area contributed by atoms with Crippen LogP contribution in [0.5, 0.6) is 0 Å². The summed E-state index contributed by atoms with van der Waals surface area (Å²) in [7, 11) is 0. The van der Waals surface area contributed by atoms with Crippen molar-refractivity contribution in [3.63, 3.8) is 0 Å². The molecule has 0 radical (unpaired) electrons. The molecule has 0 aliphatic carbocycles. The highest BCUT2D eigenvalue weighted by Gasteiger charge is 2.03. The van der Waals surface area contributed by atoms with E-state index >= 15 is 0 Å². The zero-order chi connectivity index (χ0) is 9.14. The molecule has 62 valence electrons. The highest BCUT2D eigenvalue weighted by Crippen LogP contribution is 2.29. The van der Waals surface area contributed by atoms with Crippen molar-refractivity contribution in [2.75, 3.05) is 0 Å². The van der Waals surface area contributed by atoms with Gasteiger partial charge in [0.15, 0.2) is 0 Å². The summed E-state index contributed by atoms with van der Waals surface area (Å²) in [4.78, 5) is 0.931. The Morgan fingerprint density at radius 3 is 2.92 bits per heavy atom. The Morgan fingerprint density at radius 2 is 2.50 bits per heavy atom. The van der Waals surface area contributed by atoms with Crippen LogP contribution in [0.15, 0.2) is 15.9 Å². The molecule has 0 aliphatic rings. The highest BCUT2D eigenvalue weighted by atomic mass is 79.9. The van der Waals surface area contributed by atoms with Gasteiger partial charge in [0.2, 0.25) is 0 Å². The van der Waals surface area contributed by atoms with E-state index in [2.05, 4.69) is 15.9 Å². The van der Waals surface area contributed by atoms with Gasteiger partial charge in [-0.1, -0.05) is 0 Å². The standard InChI is InChI=1S/C8H7BrN2S/c1-5-4-7(12-8(5)9)6(11)2-3-10/h2,4H,11H2,1H3/b6-2-. The topological polar surface area (TPSA) is 49.8 Å². The first-order valence-electron chi connectivity index (χ1n) is 3.26. The third-order valence-corrected chi connectivity index (χ3v) is 3.55. The van der Waals surface area contributed by atoms with E-state index in [4.69, 9.17) is 11.0 Å². The van der Waals surface area contributed by atoms with Gasteiger partial charge in [-0.2, -0.15) is 5.26 Å². The summed E-state index contributed by atoms with van der Waals surface area (Å²) >= 11 is 4.92. The van der Waals surface area contributed by atoms with Gasteiger partial charge in [0.05, 0.1) is 20.4 Å². The summed E-state index contributed by atoms with van der Waals surface area (Å²) < 4.78 is 1.06. The van der Waals surface area contributed by atoms with Crippen LogP contribution in [0.2, 0.25) is 0 Å². The van der Waals surface area contributed by atoms with Gasteiger partial charge >= 0.3 is 0 Å². The van der Waals surface area contributed by atoms with Crippen molar-refractivity contribution < 1.29 is 0 Å². The van der Waals surface area contributed by atoms with Crippen LogP contribution in [0, 0.1) is 18.3 Å². The Kier molecular flexibility index (Phi) is 2.90. The first-order chi connectivity index (χ1) is 5.65. The molecule has 2 N–H and O–H groups in total. The van der Waals surface area contributed by atoms with Crippen LogP contribution in [0.4, 0.5) is 0 Å². The normalized spacial score (nSPS) is 11.2. The number of thiophene rings is 1. The number of nitriles is 1. The highest BCUT2D eigenvalue weighted by molar-refractivity contribution is 9.11. The van der Waals surface area contributed by atoms with Gasteiger partial charge in [-0.15, -0.1) is 11.3 Å². The van der Waals surface area contributed by atoms with Crippen molar-refractivity contribution in [1.29, 1.82) is 5.26 Å². The van der Waals surface area contributed by atoms with Crippen LogP contribution in [-0.4, -0.2) is 0 Å². The fourth-order valence-electron chi connectivity index (χ4n) is 0.743. The Hall–Kier alpha value is -0.790. The Morgan fingerprint density at radius 1 is 1.83 bits per heavy atom. The molecule has 2 nitrogen and oxygen atoms in total. The largest absolute Gasteiger partial charge is 0.397 e. The molecule has 0 fully saturated rings. The number of hydrogen-bond acceptors (Lipinski definition) is 3. The molecule has 1 rings (SSSR count). The van der Waals surface area contributed by atoms with Crippen molar-refractivity contribution in [3.8, 4) is 6.07 Å². The first-order valence-corrected chi connectivity index (χ1v) is 4.87. The average Bonchev–Trinajstić information content (AvgIpc) is 2.33. The van der Waals surface area contributed by atoms with Crippen molar-refractivity contribution in [2.45, 2.75) is 6.92 Å². The maximum atomic E-state index is 8.36. The molecule has 1 aromatic rings. The van der Waals surface area contributed by atoms with E-state index in [1.807, 2.05) is 19.1 Å². The predicted octanol–water partition coefficient (Wildman–Crippen LogP) is 2.64. The van der Waals surface area contributed by atoms with E-state index in [1.54, 1.807) is 0 Å². The minimum absolute atomic E-state index is 0.524. The van der Waals surface area contributed by atoms with Crippen molar-refractivity contribution in [2.24, 2.45) is 5.73 Å². The molecule has 0 atom stereocenters. The maximum absolute atomic E-state index is 8.36. The van der Waals surface area contributed by atoms with E-state index < -0.39 is 0 Å². The quantitative estimate of drug-likeness (QED) is 0.771. The molecule has 0 amide bonds. The average molecular weight is 243 g/mol. The van der Waals surface area contributed by atoms with Gasteiger partial charge in [-0.3, -0.25) is 0 Å². The number of aryl methyl sites for hydroxylation is 1. The van der Waals surface area contributed by atoms with Crippen LogP contribution in [0.25, 0.3) is 5.70 Å². The van der Waals surface area contributed by atoms with Crippen molar-refractivity contribution in [3.05, 3.63) is 26.4 Å². The van der Waals surface area contributed by atoms with Gasteiger partial charge in [0.1, 0.15) is 0 Å². The fourth-order valence-corrected chi connectivity index (χ4v) is 2.21. The molecular weight excluding hydrogens is 236 g/mol. The maximum Gasteiger partial charge on any atom is 0.0934 e. The Bertz CT molecular complexity index is 340. The van der Waals surface area contributed by atoms with Crippen LogP contribution in [-0.2, 0) is 0 Å². The third kappa shape index (κ3) is 1.87. The lowest BCUT2D eigenvalue weighted by Crippen LogP contribution is -1.91. The van der Waals surface area contributed by atoms with E-state index in [-0.39, 0.29) is 0 Å². The second-order valence-electron chi connectivity index (χ2n) is 2.30. The smallest absolute Gasteiger partial charge is 0.0934 e. The predicted molar refractivity (Wildman–Crippen MR) is 54.5 cm³/mol. The van der Waals surface area contributed by atoms with Gasteiger partial charge in [0, 0.05) is 6.08 Å². The molecule has 0 aliphatic heterocycles. The SMILES string of the molecule is Cc1cc(/C(N)=C/C#N)sc1Br. The lowest BCUT2D eigenvalue weighted by atomic mass is 10.3. The minimum Gasteiger partial charge on any atom is -0.397 e. The number of rotatable bonds is 1. The molecule has 0 spiro atoms. The number of nitrogens with two attached hydrogens (primary N) is 1. The summed E-state index contributed by atoms with van der Waals surface area (Å²) in [6.45, 7) is 1.99. The molecule has 4 heteroatoms. The van der Waals surface area contributed by atoms with E-state index in [0.29, 0.717) is 5.70 Å². The monoisotopic (exact) mass is 242 g/mol. The van der Waals surface area contributed by atoms with Gasteiger partial charge in [-0.05, 0) is 34.5 Å². The molecule has 0 aromatic carbocycles. The van der Waals surface area contributed by atoms with Gasteiger partial charge in [0.25, 0.3) is 0 Å². The van der Waals surface area contributed by atoms with Gasteiger partial charge in [-0.25, -0.2) is 0 Å². The number of hydrogen-bond donors (Lipinski definition) is 1. The van der Waals surface area contributed by atoms with Crippen LogP contribution < -0.4 is 5.73 Å². The molecule has 1 heterocycles. The second kappa shape index (κ2) is 3.74. The summed E-state index contributed by atoms with van der Waals surface area (Å²) in [5.74, 6) is 0. The van der Waals surface area contributed by atoms with Crippen molar-refractivity contribution in [1.82, 2.24) is 0 Å². The first kappa shape index (κ1) is 9.30. The Balaban J connectivity index is 3.06. The summed E-state index contributed by atoms with van der Waals surface area (Å²) in [5, 5.41) is 8.36. The lowest BCUT2D eigenvalue weighted by molar-refractivity contribution is 1.49.